The molecule has 0 atom stereocenters. The Bertz CT molecular complexity index is 654. The first-order valence-electron chi connectivity index (χ1n) is 7.62. The first-order valence-corrected chi connectivity index (χ1v) is 7.62. The molecule has 0 aliphatic carbocycles. The first kappa shape index (κ1) is 17.0. The summed E-state index contributed by atoms with van der Waals surface area (Å²) in [6, 6.07) is 7.21. The van der Waals surface area contributed by atoms with E-state index < -0.39 is 0 Å². The molecule has 6 heteroatoms. The summed E-state index contributed by atoms with van der Waals surface area (Å²) in [5, 5.41) is 6.78. The summed E-state index contributed by atoms with van der Waals surface area (Å²) < 4.78 is 10.7. The van der Waals surface area contributed by atoms with E-state index >= 15 is 0 Å². The van der Waals surface area contributed by atoms with Crippen LogP contribution < -0.4 is 10.1 Å². The molecule has 1 heterocycles. The molecule has 0 aliphatic heterocycles. The zero-order chi connectivity index (χ0) is 17.0. The van der Waals surface area contributed by atoms with Gasteiger partial charge in [0.1, 0.15) is 5.75 Å². The van der Waals surface area contributed by atoms with Crippen molar-refractivity contribution in [3.05, 3.63) is 30.1 Å². The van der Waals surface area contributed by atoms with Crippen LogP contribution in [0, 0.1) is 0 Å². The van der Waals surface area contributed by atoms with Crippen LogP contribution in [0.25, 0.3) is 11.5 Å². The summed E-state index contributed by atoms with van der Waals surface area (Å²) in [6.45, 7) is 9.78. The Morgan fingerprint density at radius 2 is 1.91 bits per heavy atom. The van der Waals surface area contributed by atoms with Gasteiger partial charge in [0.2, 0.25) is 0 Å². The van der Waals surface area contributed by atoms with Gasteiger partial charge in [0.15, 0.2) is 12.4 Å². The summed E-state index contributed by atoms with van der Waals surface area (Å²) >= 11 is 0. The van der Waals surface area contributed by atoms with Crippen molar-refractivity contribution >= 4 is 5.91 Å². The molecule has 2 aromatic rings. The van der Waals surface area contributed by atoms with Gasteiger partial charge < -0.3 is 14.6 Å². The van der Waals surface area contributed by atoms with Crippen molar-refractivity contribution in [3.8, 4) is 17.2 Å². The lowest BCUT2D eigenvalue weighted by atomic mass is 10.1. The smallest absolute Gasteiger partial charge is 0.258 e. The van der Waals surface area contributed by atoms with E-state index in [4.69, 9.17) is 9.26 Å². The van der Waals surface area contributed by atoms with Crippen LogP contribution in [0.5, 0.6) is 5.75 Å². The Morgan fingerprint density at radius 1 is 1.26 bits per heavy atom. The molecule has 0 aliphatic rings. The lowest BCUT2D eigenvalue weighted by molar-refractivity contribution is -0.124. The van der Waals surface area contributed by atoms with E-state index in [0.29, 0.717) is 17.5 Å². The number of hydrogen-bond donors (Lipinski definition) is 1. The number of benzene rings is 1. The lowest BCUT2D eigenvalue weighted by Crippen LogP contribution is -2.43. The minimum absolute atomic E-state index is 0.0192. The van der Waals surface area contributed by atoms with Crippen LogP contribution in [0.4, 0.5) is 0 Å². The standard InChI is InChI=1S/C17H23N3O3/c1-11(2)15-18-16(23-20-15)12-6-8-13(9-7-12)22-10-14(21)19-17(3,4)5/h6-9,11H,10H2,1-5H3,(H,19,21). The molecule has 2 rings (SSSR count). The number of ether oxygens (including phenoxy) is 1. The van der Waals surface area contributed by atoms with E-state index in [9.17, 15) is 4.79 Å². The van der Waals surface area contributed by atoms with Crippen molar-refractivity contribution in [1.29, 1.82) is 0 Å². The van der Waals surface area contributed by atoms with Crippen LogP contribution >= 0.6 is 0 Å². The van der Waals surface area contributed by atoms with Crippen LogP contribution in [0.15, 0.2) is 28.8 Å². The van der Waals surface area contributed by atoms with E-state index in [-0.39, 0.29) is 24.0 Å². The normalized spacial score (nSPS) is 11.6. The highest BCUT2D eigenvalue weighted by Crippen LogP contribution is 2.22. The van der Waals surface area contributed by atoms with Gasteiger partial charge in [0.25, 0.3) is 11.8 Å². The van der Waals surface area contributed by atoms with Crippen LogP contribution in [-0.4, -0.2) is 28.2 Å². The van der Waals surface area contributed by atoms with Gasteiger partial charge in [-0.15, -0.1) is 0 Å². The number of aromatic nitrogens is 2. The maximum absolute atomic E-state index is 11.7. The summed E-state index contributed by atoms with van der Waals surface area (Å²) in [7, 11) is 0. The van der Waals surface area contributed by atoms with E-state index in [1.165, 1.54) is 0 Å². The quantitative estimate of drug-likeness (QED) is 0.916. The largest absolute Gasteiger partial charge is 0.484 e. The highest BCUT2D eigenvalue weighted by molar-refractivity contribution is 5.78. The zero-order valence-corrected chi connectivity index (χ0v) is 14.2. The molecular weight excluding hydrogens is 294 g/mol. The van der Waals surface area contributed by atoms with Gasteiger partial charge in [-0.05, 0) is 45.0 Å². The predicted octanol–water partition coefficient (Wildman–Crippen LogP) is 3.15. The fourth-order valence-electron chi connectivity index (χ4n) is 1.88. The van der Waals surface area contributed by atoms with Gasteiger partial charge in [0.05, 0.1) is 0 Å². The van der Waals surface area contributed by atoms with Gasteiger partial charge in [-0.1, -0.05) is 19.0 Å². The van der Waals surface area contributed by atoms with Crippen molar-refractivity contribution in [1.82, 2.24) is 15.5 Å². The molecule has 1 amide bonds. The van der Waals surface area contributed by atoms with Gasteiger partial charge >= 0.3 is 0 Å². The number of carbonyl (C=O) groups excluding carboxylic acids is 1. The third kappa shape index (κ3) is 5.09. The topological polar surface area (TPSA) is 77.2 Å². The van der Waals surface area contributed by atoms with Gasteiger partial charge in [-0.3, -0.25) is 4.79 Å². The van der Waals surface area contributed by atoms with Gasteiger partial charge in [-0.25, -0.2) is 0 Å². The number of nitrogens with zero attached hydrogens (tertiary/aromatic N) is 2. The fourth-order valence-corrected chi connectivity index (χ4v) is 1.88. The molecule has 1 aromatic heterocycles. The molecule has 124 valence electrons. The Hall–Kier alpha value is -2.37. The average Bonchev–Trinajstić information content (AvgIpc) is 2.94. The minimum Gasteiger partial charge on any atom is -0.484 e. The molecule has 0 saturated heterocycles. The Morgan fingerprint density at radius 3 is 2.43 bits per heavy atom. The summed E-state index contributed by atoms with van der Waals surface area (Å²) in [4.78, 5) is 16.1. The average molecular weight is 317 g/mol. The SMILES string of the molecule is CC(C)c1noc(-c2ccc(OCC(=O)NC(C)(C)C)cc2)n1. The van der Waals surface area contributed by atoms with E-state index in [0.717, 1.165) is 5.56 Å². The third-order valence-electron chi connectivity index (χ3n) is 2.94. The van der Waals surface area contributed by atoms with Crippen molar-refractivity contribution in [2.24, 2.45) is 0 Å². The summed E-state index contributed by atoms with van der Waals surface area (Å²) in [5.41, 5.74) is 0.548. The zero-order valence-electron chi connectivity index (χ0n) is 14.2. The third-order valence-corrected chi connectivity index (χ3v) is 2.94. The number of nitrogens with one attached hydrogen (secondary N) is 1. The number of amides is 1. The van der Waals surface area contributed by atoms with Crippen molar-refractivity contribution < 1.29 is 14.1 Å². The Kier molecular flexibility index (Phi) is 5.03. The fraction of sp³-hybridized carbons (Fsp3) is 0.471. The van der Waals surface area contributed by atoms with E-state index in [2.05, 4.69) is 15.5 Å². The molecule has 0 fully saturated rings. The van der Waals surface area contributed by atoms with Crippen molar-refractivity contribution in [2.45, 2.75) is 46.1 Å². The molecule has 1 N–H and O–H groups in total. The lowest BCUT2D eigenvalue weighted by Gasteiger charge is -2.20. The van der Waals surface area contributed by atoms with Crippen LogP contribution in [0.1, 0.15) is 46.4 Å². The maximum Gasteiger partial charge on any atom is 0.258 e. The predicted molar refractivity (Wildman–Crippen MR) is 87.2 cm³/mol. The van der Waals surface area contributed by atoms with Crippen LogP contribution in [0.3, 0.4) is 0 Å². The maximum atomic E-state index is 11.7. The molecule has 0 bridgehead atoms. The summed E-state index contributed by atoms with van der Waals surface area (Å²) in [6.07, 6.45) is 0. The van der Waals surface area contributed by atoms with Gasteiger partial charge in [0, 0.05) is 17.0 Å². The number of rotatable bonds is 5. The molecule has 6 nitrogen and oxygen atoms in total. The highest BCUT2D eigenvalue weighted by atomic mass is 16.5. The van der Waals surface area contributed by atoms with E-state index in [1.54, 1.807) is 12.1 Å². The Labute approximate surface area is 136 Å². The van der Waals surface area contributed by atoms with Gasteiger partial charge in [-0.2, -0.15) is 4.98 Å². The van der Waals surface area contributed by atoms with Crippen LogP contribution in [-0.2, 0) is 4.79 Å². The second kappa shape index (κ2) is 6.81. The molecule has 0 radical (unpaired) electrons. The molecule has 1 aromatic carbocycles. The summed E-state index contributed by atoms with van der Waals surface area (Å²) in [5.74, 6) is 1.84. The minimum atomic E-state index is -0.267. The second-order valence-corrected chi connectivity index (χ2v) is 6.72. The molecular formula is C17H23N3O3. The molecule has 23 heavy (non-hydrogen) atoms. The monoisotopic (exact) mass is 317 g/mol. The van der Waals surface area contributed by atoms with Crippen molar-refractivity contribution in [2.75, 3.05) is 6.61 Å². The van der Waals surface area contributed by atoms with Crippen LogP contribution in [0.2, 0.25) is 0 Å². The number of carbonyl (C=O) groups is 1. The number of hydrogen-bond acceptors (Lipinski definition) is 5. The van der Waals surface area contributed by atoms with Crippen molar-refractivity contribution in [3.63, 3.8) is 0 Å². The second-order valence-electron chi connectivity index (χ2n) is 6.72. The molecule has 0 spiro atoms. The first-order chi connectivity index (χ1) is 10.7. The van der Waals surface area contributed by atoms with E-state index in [1.807, 2.05) is 46.8 Å². The highest BCUT2D eigenvalue weighted by Gasteiger charge is 2.14. The molecule has 0 unspecified atom stereocenters. The molecule has 0 saturated carbocycles. The Balaban J connectivity index is 1.95.